The van der Waals surface area contributed by atoms with Crippen LogP contribution in [-0.2, 0) is 14.3 Å². The number of allylic oxidation sites excluding steroid dienone is 2. The first-order valence-electron chi connectivity index (χ1n) is 9.52. The van der Waals surface area contributed by atoms with Gasteiger partial charge in [-0.1, -0.05) is 26.0 Å². The summed E-state index contributed by atoms with van der Waals surface area (Å²) in [6, 6.07) is 0. The van der Waals surface area contributed by atoms with Crippen molar-refractivity contribution in [1.29, 1.82) is 0 Å². The van der Waals surface area contributed by atoms with Crippen molar-refractivity contribution in [2.75, 3.05) is 19.6 Å². The Balaban J connectivity index is 0.00000100. The number of ether oxygens (including phenoxy) is 1. The Morgan fingerprint density at radius 3 is 2.38 bits per heavy atom. The van der Waals surface area contributed by atoms with Crippen LogP contribution in [0.2, 0.25) is 0 Å². The lowest BCUT2D eigenvalue weighted by molar-refractivity contribution is -0.171. The van der Waals surface area contributed by atoms with Crippen molar-refractivity contribution in [3.05, 3.63) is 12.2 Å². The van der Waals surface area contributed by atoms with E-state index >= 15 is 0 Å². The van der Waals surface area contributed by atoms with Crippen LogP contribution >= 0.6 is 0 Å². The predicted octanol–water partition coefficient (Wildman–Crippen LogP) is 3.60. The molecular weight excluding hydrogens is 302 g/mol. The fraction of sp³-hybridized carbons (Fsp3) is 0.800. The predicted molar refractivity (Wildman–Crippen MR) is 95.7 cm³/mol. The van der Waals surface area contributed by atoms with Gasteiger partial charge in [-0.2, -0.15) is 0 Å². The molecule has 1 aliphatic carbocycles. The highest BCUT2D eigenvalue weighted by atomic mass is 16.5. The van der Waals surface area contributed by atoms with Gasteiger partial charge in [-0.05, 0) is 70.5 Å². The summed E-state index contributed by atoms with van der Waals surface area (Å²) in [5, 5.41) is 0. The number of carbonyl (C=O) groups excluding carboxylic acids is 2. The van der Waals surface area contributed by atoms with Gasteiger partial charge in [-0.25, -0.2) is 0 Å². The Labute approximate surface area is 146 Å². The lowest BCUT2D eigenvalue weighted by atomic mass is 9.72. The van der Waals surface area contributed by atoms with E-state index in [2.05, 4.69) is 30.9 Å². The van der Waals surface area contributed by atoms with Gasteiger partial charge in [0.15, 0.2) is 0 Å². The highest BCUT2D eigenvalue weighted by molar-refractivity contribution is 5.77. The molecule has 0 amide bonds. The molecule has 3 atom stereocenters. The molecule has 2 bridgehead atoms. The van der Waals surface area contributed by atoms with Crippen LogP contribution in [0.15, 0.2) is 12.2 Å². The topological polar surface area (TPSA) is 46.6 Å². The van der Waals surface area contributed by atoms with Gasteiger partial charge < -0.3 is 14.4 Å². The van der Waals surface area contributed by atoms with Gasteiger partial charge in [0, 0.05) is 5.92 Å². The molecule has 0 aromatic carbocycles. The van der Waals surface area contributed by atoms with Gasteiger partial charge >= 0.3 is 5.97 Å². The van der Waals surface area contributed by atoms with Gasteiger partial charge in [-0.3, -0.25) is 4.79 Å². The number of rotatable bonds is 5. The molecule has 0 N–H and O–H groups in total. The highest BCUT2D eigenvalue weighted by Gasteiger charge is 2.48. The van der Waals surface area contributed by atoms with Crippen LogP contribution in [0.5, 0.6) is 0 Å². The third kappa shape index (κ3) is 4.08. The van der Waals surface area contributed by atoms with Crippen LogP contribution < -0.4 is 0 Å². The first-order valence-corrected chi connectivity index (χ1v) is 9.52. The smallest absolute Gasteiger partial charge is 0.312 e. The molecule has 4 fully saturated rings. The maximum Gasteiger partial charge on any atom is 0.312 e. The average Bonchev–Trinajstić information content (AvgIpc) is 2.98. The number of esters is 1. The standard InChI is InChI=1S/C19H31NO2.CH2O/c1-3-4-5-6-16-15(2)7-8-17(16)22-18(21)19-9-12-20(13-10-19)14-11-19;1-2/h4-5,15-17H,3,6-14H2,1-2H3;1H2/b5-4-;. The molecule has 0 aromatic heterocycles. The van der Waals surface area contributed by atoms with Crippen LogP contribution in [0.3, 0.4) is 0 Å². The second kappa shape index (κ2) is 8.80. The minimum Gasteiger partial charge on any atom is -0.462 e. The Morgan fingerprint density at radius 1 is 1.17 bits per heavy atom. The monoisotopic (exact) mass is 335 g/mol. The van der Waals surface area contributed by atoms with Gasteiger partial charge in [0.1, 0.15) is 12.9 Å². The number of fused-ring (bicyclic) bond motifs is 3. The fourth-order valence-electron chi connectivity index (χ4n) is 4.57. The third-order valence-corrected chi connectivity index (χ3v) is 6.34. The highest BCUT2D eigenvalue weighted by Crippen LogP contribution is 2.43. The Hall–Kier alpha value is -1.16. The molecule has 4 rings (SSSR count). The summed E-state index contributed by atoms with van der Waals surface area (Å²) in [7, 11) is 0. The van der Waals surface area contributed by atoms with Crippen molar-refractivity contribution in [3.63, 3.8) is 0 Å². The molecule has 3 aliphatic heterocycles. The van der Waals surface area contributed by atoms with Gasteiger partial charge in [0.25, 0.3) is 0 Å². The summed E-state index contributed by atoms with van der Waals surface area (Å²) in [6.07, 6.45) is 12.1. The van der Waals surface area contributed by atoms with E-state index in [-0.39, 0.29) is 17.5 Å². The maximum atomic E-state index is 12.9. The molecule has 0 aromatic rings. The second-order valence-corrected chi connectivity index (χ2v) is 7.65. The number of carbonyl (C=O) groups is 2. The summed E-state index contributed by atoms with van der Waals surface area (Å²) < 4.78 is 6.09. The van der Waals surface area contributed by atoms with E-state index in [1.807, 2.05) is 6.79 Å². The van der Waals surface area contributed by atoms with Gasteiger partial charge in [-0.15, -0.1) is 0 Å². The summed E-state index contributed by atoms with van der Waals surface area (Å²) in [5.74, 6) is 1.31. The van der Waals surface area contributed by atoms with Crippen molar-refractivity contribution < 1.29 is 14.3 Å². The van der Waals surface area contributed by atoms with E-state index < -0.39 is 0 Å². The van der Waals surface area contributed by atoms with Crippen LogP contribution in [0.25, 0.3) is 0 Å². The SMILES string of the molecule is C=O.CC/C=C\CC1C(C)CCC1OC(=O)C12CCN(CC1)CC2. The molecule has 4 aliphatic rings. The molecule has 0 spiro atoms. The molecule has 3 saturated heterocycles. The van der Waals surface area contributed by atoms with Crippen LogP contribution in [0.4, 0.5) is 0 Å². The zero-order chi connectivity index (χ0) is 17.6. The average molecular weight is 335 g/mol. The normalized spacial score (nSPS) is 37.9. The van der Waals surface area contributed by atoms with Crippen LogP contribution in [0, 0.1) is 17.3 Å². The van der Waals surface area contributed by atoms with E-state index in [0.29, 0.717) is 11.8 Å². The first kappa shape index (κ1) is 19.2. The zero-order valence-corrected chi connectivity index (χ0v) is 15.3. The molecule has 4 heteroatoms. The Morgan fingerprint density at radius 2 is 1.79 bits per heavy atom. The van der Waals surface area contributed by atoms with E-state index in [1.165, 1.54) is 6.42 Å². The van der Waals surface area contributed by atoms with E-state index in [4.69, 9.17) is 9.53 Å². The van der Waals surface area contributed by atoms with E-state index in [1.54, 1.807) is 0 Å². The summed E-state index contributed by atoms with van der Waals surface area (Å²) >= 11 is 0. The zero-order valence-electron chi connectivity index (χ0n) is 15.3. The number of nitrogens with zero attached hydrogens (tertiary/aromatic N) is 1. The Bertz CT molecular complexity index is 426. The van der Waals surface area contributed by atoms with Gasteiger partial charge in [0.2, 0.25) is 0 Å². The van der Waals surface area contributed by atoms with E-state index in [9.17, 15) is 4.79 Å². The lowest BCUT2D eigenvalue weighted by Gasteiger charge is -2.46. The Kier molecular flexibility index (Phi) is 7.02. The third-order valence-electron chi connectivity index (χ3n) is 6.34. The summed E-state index contributed by atoms with van der Waals surface area (Å²) in [5.41, 5.74) is -0.148. The van der Waals surface area contributed by atoms with E-state index in [0.717, 1.165) is 58.2 Å². The van der Waals surface area contributed by atoms with Crippen molar-refractivity contribution in [1.82, 2.24) is 4.90 Å². The quantitative estimate of drug-likeness (QED) is 0.569. The summed E-state index contributed by atoms with van der Waals surface area (Å²) in [6.45, 7) is 9.73. The molecule has 0 radical (unpaired) electrons. The largest absolute Gasteiger partial charge is 0.462 e. The van der Waals surface area contributed by atoms with Gasteiger partial charge in [0.05, 0.1) is 5.41 Å². The van der Waals surface area contributed by atoms with Crippen LogP contribution in [0.1, 0.15) is 58.8 Å². The molecule has 136 valence electrons. The van der Waals surface area contributed by atoms with Crippen molar-refractivity contribution in [3.8, 4) is 0 Å². The van der Waals surface area contributed by atoms with Crippen LogP contribution in [-0.4, -0.2) is 43.4 Å². The number of hydrogen-bond donors (Lipinski definition) is 0. The molecule has 4 nitrogen and oxygen atoms in total. The lowest BCUT2D eigenvalue weighted by Crippen LogP contribution is -2.52. The minimum absolute atomic E-state index is 0.121. The molecule has 3 heterocycles. The fourth-order valence-corrected chi connectivity index (χ4v) is 4.57. The van der Waals surface area contributed by atoms with Crippen molar-refractivity contribution >= 4 is 12.8 Å². The molecule has 1 saturated carbocycles. The second-order valence-electron chi connectivity index (χ2n) is 7.65. The first-order chi connectivity index (χ1) is 11.6. The number of hydrogen-bond acceptors (Lipinski definition) is 4. The van der Waals surface area contributed by atoms with Crippen molar-refractivity contribution in [2.24, 2.45) is 17.3 Å². The van der Waals surface area contributed by atoms with Crippen molar-refractivity contribution in [2.45, 2.75) is 64.9 Å². The molecule has 24 heavy (non-hydrogen) atoms. The molecule has 3 unspecified atom stereocenters. The number of piperidine rings is 3. The maximum absolute atomic E-state index is 12.9. The minimum atomic E-state index is -0.148. The molecular formula is C20H33NO3. The summed E-state index contributed by atoms with van der Waals surface area (Å²) in [4.78, 5) is 23.3.